The first-order chi connectivity index (χ1) is 24.5. The van der Waals surface area contributed by atoms with E-state index in [1.165, 1.54) is 7.41 Å². The fraction of sp³-hybridized carbons (Fsp3) is 0.605. The predicted octanol–water partition coefficient (Wildman–Crippen LogP) is 7.43. The minimum Gasteiger partial charge on any atom is -0.416 e. The van der Waals surface area contributed by atoms with E-state index in [4.69, 9.17) is 14.5 Å². The van der Waals surface area contributed by atoms with Crippen LogP contribution in [0.3, 0.4) is 0 Å². The number of hydrogen-bond acceptors (Lipinski definition) is 9. The third-order valence-corrected chi connectivity index (χ3v) is 15.6. The van der Waals surface area contributed by atoms with E-state index < -0.39 is 20.2 Å². The van der Waals surface area contributed by atoms with Crippen molar-refractivity contribution in [2.75, 3.05) is 42.9 Å². The molecular formula is C38H54BF2N8O2Si. The molecule has 2 aromatic heterocycles. The number of nitrogens with zero attached hydrogens (tertiary/aromatic N) is 7. The summed E-state index contributed by atoms with van der Waals surface area (Å²) in [5.41, 5.74) is 5.03. The number of aromatic nitrogens is 4. The molecule has 1 radical (unpaired) electrons. The van der Waals surface area contributed by atoms with Crippen LogP contribution in [0.5, 0.6) is 0 Å². The van der Waals surface area contributed by atoms with Gasteiger partial charge in [0.05, 0.1) is 35.4 Å². The number of benzene rings is 1. The maximum absolute atomic E-state index is 12.9. The lowest BCUT2D eigenvalue weighted by molar-refractivity contribution is 0.0665. The highest BCUT2D eigenvalue weighted by molar-refractivity contribution is 6.74. The fourth-order valence-corrected chi connectivity index (χ4v) is 8.02. The average Bonchev–Trinajstić information content (AvgIpc) is 3.59. The molecule has 5 rings (SSSR count). The van der Waals surface area contributed by atoms with E-state index in [-0.39, 0.29) is 11.6 Å². The molecule has 3 aromatic rings. The number of halogens is 2. The highest BCUT2D eigenvalue weighted by Crippen LogP contribution is 2.46. The molecule has 10 nitrogen and oxygen atoms in total. The van der Waals surface area contributed by atoms with Crippen molar-refractivity contribution >= 4 is 39.2 Å². The van der Waals surface area contributed by atoms with E-state index in [0.29, 0.717) is 55.3 Å². The van der Waals surface area contributed by atoms with Crippen molar-refractivity contribution in [2.24, 2.45) is 11.8 Å². The van der Waals surface area contributed by atoms with E-state index in [1.807, 2.05) is 28.0 Å². The zero-order chi connectivity index (χ0) is 37.8. The Bertz CT molecular complexity index is 1750. The number of carbonyl (C=O) groups is 1. The molecule has 279 valence electrons. The van der Waals surface area contributed by atoms with Crippen LogP contribution in [0.2, 0.25) is 18.1 Å². The normalized spacial score (nSPS) is 18.6. The standard InChI is InChI=1S/C38H54BF2N8O2Si/c1-26(2)9-10-33-32(20-44-49(33)21-27-12-15-47(16-13-27)22-34(40)41)46-36-43-14-11-31(45-36)28-17-29(19-42)35-30(18-28)38(6,23-48(35)39-25-50)24-51-52(7,8)37(3,4)5/h11,14,17-18,20,25-27,34H,9-10,12-13,15-16,21-24H2,1-8H3,(H,43,45,46)/t38-/m1/s1. The summed E-state index contributed by atoms with van der Waals surface area (Å²) in [4.78, 5) is 24.9. The first kappa shape index (κ1) is 39.5. The molecule has 1 N–H and O–H groups in total. The number of carbonyl (C=O) groups excluding carboxylic acids is 1. The Morgan fingerprint density at radius 2 is 1.96 bits per heavy atom. The highest BCUT2D eigenvalue weighted by atomic mass is 28.4. The summed E-state index contributed by atoms with van der Waals surface area (Å²) in [7, 11) is -0.591. The molecule has 2 aliphatic rings. The van der Waals surface area contributed by atoms with Crippen LogP contribution in [0.15, 0.2) is 30.6 Å². The Balaban J connectivity index is 1.42. The summed E-state index contributed by atoms with van der Waals surface area (Å²) in [6.07, 6.45) is 5.53. The van der Waals surface area contributed by atoms with Gasteiger partial charge in [-0.15, -0.1) is 0 Å². The zero-order valence-electron chi connectivity index (χ0n) is 32.0. The number of nitriles is 1. The molecule has 4 heterocycles. The van der Waals surface area contributed by atoms with Gasteiger partial charge in [0.15, 0.2) is 8.32 Å². The van der Waals surface area contributed by atoms with Gasteiger partial charge in [0.1, 0.15) is 12.3 Å². The number of hydrogen-bond donors (Lipinski definition) is 1. The quantitative estimate of drug-likeness (QED) is 0.126. The number of likely N-dealkylation sites (tertiary alicyclic amines) is 1. The van der Waals surface area contributed by atoms with E-state index >= 15 is 0 Å². The molecule has 0 bridgehead atoms. The maximum atomic E-state index is 12.9. The molecule has 14 heteroatoms. The minimum atomic E-state index is -2.31. The molecule has 1 fully saturated rings. The van der Waals surface area contributed by atoms with Gasteiger partial charge in [0.2, 0.25) is 5.95 Å². The number of piperidine rings is 1. The number of anilines is 3. The largest absolute Gasteiger partial charge is 0.416 e. The van der Waals surface area contributed by atoms with Gasteiger partial charge in [-0.3, -0.25) is 9.58 Å². The van der Waals surface area contributed by atoms with Crippen molar-refractivity contribution in [3.63, 3.8) is 0 Å². The van der Waals surface area contributed by atoms with E-state index in [9.17, 15) is 18.8 Å². The Kier molecular flexibility index (Phi) is 12.3. The van der Waals surface area contributed by atoms with E-state index in [1.54, 1.807) is 6.20 Å². The van der Waals surface area contributed by atoms with Crippen LogP contribution < -0.4 is 10.1 Å². The molecule has 0 aliphatic carbocycles. The fourth-order valence-electron chi connectivity index (χ4n) is 6.91. The minimum absolute atomic E-state index is 0.0325. The summed E-state index contributed by atoms with van der Waals surface area (Å²) < 4.78 is 34.6. The smallest absolute Gasteiger partial charge is 0.329 e. The number of nitrogens with one attached hydrogen (secondary N) is 1. The highest BCUT2D eigenvalue weighted by Gasteiger charge is 2.44. The molecular weight excluding hydrogens is 677 g/mol. The molecule has 0 unspecified atom stereocenters. The van der Waals surface area contributed by atoms with Crippen molar-refractivity contribution < 1.29 is 18.0 Å². The third-order valence-electron chi connectivity index (χ3n) is 11.1. The average molecular weight is 732 g/mol. The first-order valence-corrected chi connectivity index (χ1v) is 21.4. The Labute approximate surface area is 309 Å². The molecule has 52 heavy (non-hydrogen) atoms. The van der Waals surface area contributed by atoms with Crippen LogP contribution >= 0.6 is 0 Å². The van der Waals surface area contributed by atoms with Crippen molar-refractivity contribution in [3.8, 4) is 17.3 Å². The molecule has 1 atom stereocenters. The predicted molar refractivity (Wildman–Crippen MR) is 206 cm³/mol. The van der Waals surface area contributed by atoms with Crippen LogP contribution in [0.4, 0.5) is 26.1 Å². The second-order valence-electron chi connectivity index (χ2n) is 16.7. The Morgan fingerprint density at radius 3 is 2.60 bits per heavy atom. The lowest BCUT2D eigenvalue weighted by Gasteiger charge is -2.39. The second-order valence-corrected chi connectivity index (χ2v) is 21.5. The third kappa shape index (κ3) is 9.09. The van der Waals surface area contributed by atoms with Gasteiger partial charge >= 0.3 is 7.41 Å². The number of alkyl halides is 2. The Morgan fingerprint density at radius 1 is 1.23 bits per heavy atom. The molecule has 1 saturated heterocycles. The number of rotatable bonds is 15. The summed E-state index contributed by atoms with van der Waals surface area (Å²) in [5, 5.41) is 18.6. The van der Waals surface area contributed by atoms with Crippen LogP contribution in [-0.2, 0) is 27.6 Å². The van der Waals surface area contributed by atoms with E-state index in [2.05, 4.69) is 81.8 Å². The van der Waals surface area contributed by atoms with Gasteiger partial charge < -0.3 is 19.3 Å². The summed E-state index contributed by atoms with van der Waals surface area (Å²) in [6, 6.07) is 8.12. The number of fused-ring (bicyclic) bond motifs is 1. The molecule has 2 aliphatic heterocycles. The molecule has 1 aromatic carbocycles. The van der Waals surface area contributed by atoms with Crippen molar-refractivity contribution in [1.29, 1.82) is 5.26 Å². The second kappa shape index (κ2) is 16.1. The summed E-state index contributed by atoms with van der Waals surface area (Å²) in [5.74, 6) is 1.29. The van der Waals surface area contributed by atoms with Gasteiger partial charge in [-0.2, -0.15) is 10.4 Å². The van der Waals surface area contributed by atoms with Crippen LogP contribution in [-0.4, -0.2) is 85.8 Å². The van der Waals surface area contributed by atoms with E-state index in [0.717, 1.165) is 66.6 Å². The first-order valence-electron chi connectivity index (χ1n) is 18.5. The zero-order valence-corrected chi connectivity index (χ0v) is 33.0. The van der Waals surface area contributed by atoms with Gasteiger partial charge in [0, 0.05) is 42.6 Å². The lowest BCUT2D eigenvalue weighted by Crippen LogP contribution is -2.46. The topological polar surface area (TPSA) is 112 Å². The molecule has 0 spiro atoms. The lowest BCUT2D eigenvalue weighted by atomic mass is 9.83. The van der Waals surface area contributed by atoms with Crippen LogP contribution in [0.1, 0.15) is 77.6 Å². The summed E-state index contributed by atoms with van der Waals surface area (Å²) >= 11 is 0. The van der Waals surface area contributed by atoms with Gasteiger partial charge in [-0.25, -0.2) is 18.7 Å². The monoisotopic (exact) mass is 731 g/mol. The Hall–Kier alpha value is -3.67. The maximum Gasteiger partial charge on any atom is 0.329 e. The van der Waals surface area contributed by atoms with Gasteiger partial charge in [0.25, 0.3) is 6.43 Å². The van der Waals surface area contributed by atoms with Gasteiger partial charge in [-0.1, -0.05) is 41.5 Å². The van der Waals surface area contributed by atoms with Gasteiger partial charge in [-0.05, 0) is 92.5 Å². The summed E-state index contributed by atoms with van der Waals surface area (Å²) in [6.45, 7) is 20.6. The van der Waals surface area contributed by atoms with Crippen molar-refractivity contribution in [3.05, 3.63) is 47.4 Å². The SMILES string of the molecule is CC(C)CCc1c(Nc2nccc(-c3cc(C#N)c4c(c3)[C@@](C)(CO[Si](C)(C)C(C)(C)C)CN4[B]C=O)n2)cnn1CC1CCN(CC(F)F)CC1. The molecule has 0 saturated carbocycles. The molecule has 0 amide bonds. The van der Waals surface area contributed by atoms with Crippen molar-refractivity contribution in [1.82, 2.24) is 24.6 Å². The van der Waals surface area contributed by atoms with Crippen LogP contribution in [0, 0.1) is 23.2 Å². The van der Waals surface area contributed by atoms with Crippen LogP contribution in [0.25, 0.3) is 11.3 Å². The van der Waals surface area contributed by atoms with Crippen molar-refractivity contribution in [2.45, 2.75) is 104 Å².